The van der Waals surface area contributed by atoms with E-state index in [1.807, 2.05) is 6.92 Å². The van der Waals surface area contributed by atoms with Crippen LogP contribution in [0.1, 0.15) is 37.7 Å². The Morgan fingerprint density at radius 2 is 1.90 bits per heavy atom. The lowest BCUT2D eigenvalue weighted by molar-refractivity contribution is -0.384. The summed E-state index contributed by atoms with van der Waals surface area (Å²) in [6.07, 6.45) is 0. The van der Waals surface area contributed by atoms with Gasteiger partial charge in [-0.1, -0.05) is 11.3 Å². The van der Waals surface area contributed by atoms with Crippen LogP contribution in [-0.2, 0) is 4.74 Å². The molecule has 3 aromatic rings. The van der Waals surface area contributed by atoms with Gasteiger partial charge in [0, 0.05) is 17.8 Å². The van der Waals surface area contributed by atoms with Gasteiger partial charge in [-0.3, -0.25) is 14.9 Å². The lowest BCUT2D eigenvalue weighted by Gasteiger charge is -2.11. The van der Waals surface area contributed by atoms with Crippen molar-refractivity contribution in [2.45, 2.75) is 20.8 Å². The number of aryl methyl sites for hydroxylation is 1. The van der Waals surface area contributed by atoms with E-state index < -0.39 is 16.8 Å². The summed E-state index contributed by atoms with van der Waals surface area (Å²) in [5, 5.41) is 21.6. The molecule has 1 amide bonds. The average Bonchev–Trinajstić information content (AvgIpc) is 3.11. The number of amides is 1. The second-order valence-electron chi connectivity index (χ2n) is 6.62. The zero-order valence-corrected chi connectivity index (χ0v) is 16.8. The van der Waals surface area contributed by atoms with Crippen molar-refractivity contribution in [3.05, 3.63) is 74.6 Å². The van der Waals surface area contributed by atoms with Gasteiger partial charge in [-0.05, 0) is 50.1 Å². The predicted octanol–water partition coefficient (Wildman–Crippen LogP) is 3.14. The number of nitro groups is 1. The Labute approximate surface area is 171 Å². The fraction of sp³-hybridized carbons (Fsp3) is 0.200. The van der Waals surface area contributed by atoms with Crippen LogP contribution >= 0.6 is 0 Å². The molecule has 0 spiro atoms. The molecule has 2 aromatic carbocycles. The van der Waals surface area contributed by atoms with Crippen LogP contribution in [0.4, 0.5) is 11.4 Å². The Bertz CT molecular complexity index is 1170. The van der Waals surface area contributed by atoms with Crippen molar-refractivity contribution in [1.82, 2.24) is 15.0 Å². The summed E-state index contributed by atoms with van der Waals surface area (Å²) < 4.78 is 6.14. The molecule has 0 unspecified atom stereocenters. The van der Waals surface area contributed by atoms with Crippen molar-refractivity contribution < 1.29 is 19.2 Å². The zero-order valence-electron chi connectivity index (χ0n) is 16.8. The van der Waals surface area contributed by atoms with Crippen LogP contribution in [0, 0.1) is 30.9 Å². The Morgan fingerprint density at radius 1 is 1.17 bits per heavy atom. The maximum atomic E-state index is 12.8. The summed E-state index contributed by atoms with van der Waals surface area (Å²) in [7, 11) is 1.29. The molecule has 0 fully saturated rings. The number of nitrogens with one attached hydrogen (secondary N) is 1. The molecule has 10 heteroatoms. The number of carbonyl (C=O) groups is 2. The monoisotopic (exact) mass is 409 g/mol. The van der Waals surface area contributed by atoms with Gasteiger partial charge in [-0.25, -0.2) is 9.48 Å². The largest absolute Gasteiger partial charge is 0.465 e. The van der Waals surface area contributed by atoms with Gasteiger partial charge >= 0.3 is 5.97 Å². The molecule has 0 aliphatic carbocycles. The third-order valence-corrected chi connectivity index (χ3v) is 4.73. The SMILES string of the molecule is COC(=O)c1cc(NC(=O)c2nnn(-c3cccc([N+](=O)[O-])c3)c2C)cc(C)c1C. The topological polar surface area (TPSA) is 129 Å². The number of esters is 1. The van der Waals surface area contributed by atoms with Crippen molar-refractivity contribution in [2.24, 2.45) is 0 Å². The van der Waals surface area contributed by atoms with Crippen molar-refractivity contribution in [3.8, 4) is 5.69 Å². The van der Waals surface area contributed by atoms with E-state index in [0.29, 0.717) is 22.6 Å². The highest BCUT2D eigenvalue weighted by atomic mass is 16.6. The number of carbonyl (C=O) groups excluding carboxylic acids is 2. The first kappa shape index (κ1) is 20.6. The molecule has 1 N–H and O–H groups in total. The first-order valence-electron chi connectivity index (χ1n) is 8.91. The van der Waals surface area contributed by atoms with Gasteiger partial charge in [-0.2, -0.15) is 0 Å². The minimum Gasteiger partial charge on any atom is -0.465 e. The van der Waals surface area contributed by atoms with Crippen molar-refractivity contribution >= 4 is 23.3 Å². The van der Waals surface area contributed by atoms with E-state index in [4.69, 9.17) is 4.74 Å². The third-order valence-electron chi connectivity index (χ3n) is 4.73. The van der Waals surface area contributed by atoms with Gasteiger partial charge in [0.05, 0.1) is 29.0 Å². The fourth-order valence-electron chi connectivity index (χ4n) is 2.97. The number of nitro benzene ring substituents is 1. The highest BCUT2D eigenvalue weighted by Gasteiger charge is 2.20. The summed E-state index contributed by atoms with van der Waals surface area (Å²) in [5.41, 5.74) is 3.10. The predicted molar refractivity (Wildman–Crippen MR) is 108 cm³/mol. The number of non-ortho nitro benzene ring substituents is 1. The van der Waals surface area contributed by atoms with Gasteiger partial charge in [0.25, 0.3) is 11.6 Å². The molecule has 1 aromatic heterocycles. The minimum absolute atomic E-state index is 0.0550. The second-order valence-corrected chi connectivity index (χ2v) is 6.62. The summed E-state index contributed by atoms with van der Waals surface area (Å²) >= 11 is 0. The molecule has 0 saturated carbocycles. The Hall–Kier alpha value is -4.08. The normalized spacial score (nSPS) is 10.5. The van der Waals surface area contributed by atoms with Crippen LogP contribution in [0.5, 0.6) is 0 Å². The first-order valence-corrected chi connectivity index (χ1v) is 8.91. The van der Waals surface area contributed by atoms with Crippen molar-refractivity contribution in [2.75, 3.05) is 12.4 Å². The van der Waals surface area contributed by atoms with Crippen molar-refractivity contribution in [3.63, 3.8) is 0 Å². The van der Waals surface area contributed by atoms with Crippen molar-refractivity contribution in [1.29, 1.82) is 0 Å². The maximum Gasteiger partial charge on any atom is 0.338 e. The Morgan fingerprint density at radius 3 is 2.57 bits per heavy atom. The van der Waals surface area contributed by atoms with E-state index in [1.165, 1.54) is 36.1 Å². The fourth-order valence-corrected chi connectivity index (χ4v) is 2.97. The number of hydrogen-bond acceptors (Lipinski definition) is 7. The Balaban J connectivity index is 1.91. The summed E-state index contributed by atoms with van der Waals surface area (Å²) in [5.74, 6) is -1.03. The second kappa shape index (κ2) is 8.11. The molecule has 0 saturated heterocycles. The quantitative estimate of drug-likeness (QED) is 0.389. The number of nitrogens with zero attached hydrogens (tertiary/aromatic N) is 4. The van der Waals surface area contributed by atoms with Crippen LogP contribution in [0.15, 0.2) is 36.4 Å². The number of anilines is 1. The highest BCUT2D eigenvalue weighted by Crippen LogP contribution is 2.22. The van der Waals surface area contributed by atoms with E-state index >= 15 is 0 Å². The molecule has 154 valence electrons. The standard InChI is InChI=1S/C20H19N5O5/c1-11-8-14(9-17(12(11)2)20(27)30-4)21-19(26)18-13(3)24(23-22-18)15-6-5-7-16(10-15)25(28)29/h5-10H,1-4H3,(H,21,26). The van der Waals surface area contributed by atoms with E-state index in [-0.39, 0.29) is 11.4 Å². The first-order chi connectivity index (χ1) is 14.2. The molecule has 0 atom stereocenters. The number of hydrogen-bond donors (Lipinski definition) is 1. The molecular weight excluding hydrogens is 390 g/mol. The average molecular weight is 409 g/mol. The van der Waals surface area contributed by atoms with E-state index in [9.17, 15) is 19.7 Å². The lowest BCUT2D eigenvalue weighted by Crippen LogP contribution is -2.15. The van der Waals surface area contributed by atoms with Crippen LogP contribution < -0.4 is 5.32 Å². The zero-order chi connectivity index (χ0) is 22.0. The summed E-state index contributed by atoms with van der Waals surface area (Å²) in [6, 6.07) is 9.13. The molecule has 10 nitrogen and oxygen atoms in total. The van der Waals surface area contributed by atoms with Gasteiger partial charge < -0.3 is 10.1 Å². The van der Waals surface area contributed by atoms with Crippen LogP contribution in [0.2, 0.25) is 0 Å². The highest BCUT2D eigenvalue weighted by molar-refractivity contribution is 6.04. The third kappa shape index (κ3) is 3.88. The molecule has 0 bridgehead atoms. The van der Waals surface area contributed by atoms with Gasteiger partial charge in [0.15, 0.2) is 5.69 Å². The number of rotatable bonds is 5. The number of methoxy groups -OCH3 is 1. The molecular formula is C20H19N5O5. The number of benzene rings is 2. The smallest absolute Gasteiger partial charge is 0.338 e. The summed E-state index contributed by atoms with van der Waals surface area (Å²) in [6.45, 7) is 5.25. The number of ether oxygens (including phenoxy) is 1. The molecule has 1 heterocycles. The Kier molecular flexibility index (Phi) is 5.58. The van der Waals surface area contributed by atoms with Crippen LogP contribution in [0.25, 0.3) is 5.69 Å². The van der Waals surface area contributed by atoms with Crippen LogP contribution in [-0.4, -0.2) is 38.9 Å². The number of aromatic nitrogens is 3. The van der Waals surface area contributed by atoms with Gasteiger partial charge in [0.1, 0.15) is 0 Å². The van der Waals surface area contributed by atoms with Gasteiger partial charge in [0.2, 0.25) is 0 Å². The van der Waals surface area contributed by atoms with Gasteiger partial charge in [-0.15, -0.1) is 5.10 Å². The van der Waals surface area contributed by atoms with Crippen LogP contribution in [0.3, 0.4) is 0 Å². The lowest BCUT2D eigenvalue weighted by atomic mass is 10.0. The maximum absolute atomic E-state index is 12.8. The molecule has 0 radical (unpaired) electrons. The van der Waals surface area contributed by atoms with E-state index in [2.05, 4.69) is 15.6 Å². The molecule has 3 rings (SSSR count). The van der Waals surface area contributed by atoms with E-state index in [0.717, 1.165) is 11.1 Å². The molecule has 30 heavy (non-hydrogen) atoms. The van der Waals surface area contributed by atoms with E-state index in [1.54, 1.807) is 26.0 Å². The molecule has 0 aliphatic heterocycles. The summed E-state index contributed by atoms with van der Waals surface area (Å²) in [4.78, 5) is 35.2. The minimum atomic E-state index is -0.525. The molecule has 0 aliphatic rings.